The Morgan fingerprint density at radius 1 is 1.00 bits per heavy atom. The summed E-state index contributed by atoms with van der Waals surface area (Å²) >= 11 is 0. The zero-order chi connectivity index (χ0) is 33.9. The predicted molar refractivity (Wildman–Crippen MR) is 177 cm³/mol. The SMILES string of the molecule is CNS(=O)(=O)c1ccccc1OC[C@@H](O)CNC1COC2(CCN(S(=O)(=O)c3cccc(-c4ccc(-c5noc(C)n5)cc4)c3)CC2)C1. The average molecular weight is 698 g/mol. The molecule has 48 heavy (non-hydrogen) atoms. The van der Waals surface area contributed by atoms with E-state index in [1.54, 1.807) is 43.3 Å². The van der Waals surface area contributed by atoms with Gasteiger partial charge in [0, 0.05) is 38.2 Å². The van der Waals surface area contributed by atoms with Gasteiger partial charge in [-0.15, -0.1) is 0 Å². The Labute approximate surface area is 280 Å². The highest BCUT2D eigenvalue weighted by atomic mass is 32.2. The summed E-state index contributed by atoms with van der Waals surface area (Å²) in [5, 5.41) is 17.8. The molecule has 1 unspecified atom stereocenters. The van der Waals surface area contributed by atoms with Crippen molar-refractivity contribution in [3.05, 3.63) is 78.7 Å². The molecule has 2 atom stereocenters. The van der Waals surface area contributed by atoms with Gasteiger partial charge in [-0.1, -0.05) is 53.7 Å². The van der Waals surface area contributed by atoms with E-state index in [2.05, 4.69) is 20.2 Å². The van der Waals surface area contributed by atoms with Crippen molar-refractivity contribution >= 4 is 20.0 Å². The van der Waals surface area contributed by atoms with Gasteiger partial charge >= 0.3 is 0 Å². The van der Waals surface area contributed by atoms with Gasteiger partial charge in [0.25, 0.3) is 0 Å². The van der Waals surface area contributed by atoms with E-state index in [0.717, 1.165) is 16.7 Å². The van der Waals surface area contributed by atoms with E-state index in [1.165, 1.54) is 17.4 Å². The van der Waals surface area contributed by atoms with Crippen molar-refractivity contribution < 1.29 is 35.9 Å². The van der Waals surface area contributed by atoms with Gasteiger partial charge in [0.1, 0.15) is 23.4 Å². The topological polar surface area (TPSA) is 173 Å². The minimum atomic E-state index is -3.72. The van der Waals surface area contributed by atoms with E-state index >= 15 is 0 Å². The molecule has 256 valence electrons. The van der Waals surface area contributed by atoms with Crippen LogP contribution in [-0.2, 0) is 24.8 Å². The number of benzene rings is 3. The maximum Gasteiger partial charge on any atom is 0.243 e. The molecular weight excluding hydrogens is 659 g/mol. The molecule has 15 heteroatoms. The Morgan fingerprint density at radius 3 is 2.44 bits per heavy atom. The Hall–Kier alpha value is -3.70. The second-order valence-electron chi connectivity index (χ2n) is 12.1. The van der Waals surface area contributed by atoms with Gasteiger partial charge in [-0.2, -0.15) is 9.29 Å². The fraction of sp³-hybridized carbons (Fsp3) is 0.394. The summed E-state index contributed by atoms with van der Waals surface area (Å²) in [5.74, 6) is 1.14. The number of hydrogen-bond donors (Lipinski definition) is 3. The maximum atomic E-state index is 13.7. The van der Waals surface area contributed by atoms with Crippen LogP contribution in [0.4, 0.5) is 0 Å². The molecule has 0 saturated carbocycles. The molecular formula is C33H39N5O8S2. The van der Waals surface area contributed by atoms with Crippen molar-refractivity contribution in [3.63, 3.8) is 0 Å². The Balaban J connectivity index is 1.00. The molecule has 3 heterocycles. The van der Waals surface area contributed by atoms with Crippen molar-refractivity contribution in [1.29, 1.82) is 0 Å². The lowest BCUT2D eigenvalue weighted by atomic mass is 9.88. The monoisotopic (exact) mass is 697 g/mol. The Kier molecular flexibility index (Phi) is 9.99. The molecule has 4 aromatic rings. The summed E-state index contributed by atoms with van der Waals surface area (Å²) in [4.78, 5) is 4.49. The normalized spacial score (nSPS) is 19.0. The van der Waals surface area contributed by atoms with Gasteiger partial charge in [-0.3, -0.25) is 0 Å². The molecule has 3 N–H and O–H groups in total. The van der Waals surface area contributed by atoms with Crippen molar-refractivity contribution in [1.82, 2.24) is 24.5 Å². The van der Waals surface area contributed by atoms with E-state index in [9.17, 15) is 21.9 Å². The van der Waals surface area contributed by atoms with Gasteiger partial charge < -0.3 is 24.4 Å². The minimum absolute atomic E-state index is 0.00223. The van der Waals surface area contributed by atoms with Crippen molar-refractivity contribution in [2.24, 2.45) is 0 Å². The highest BCUT2D eigenvalue weighted by molar-refractivity contribution is 7.89. The zero-order valence-corrected chi connectivity index (χ0v) is 28.3. The summed E-state index contributed by atoms with van der Waals surface area (Å²) in [6, 6.07) is 20.8. The van der Waals surface area contributed by atoms with Crippen LogP contribution in [0, 0.1) is 6.92 Å². The summed E-state index contributed by atoms with van der Waals surface area (Å²) < 4.78 is 72.6. The van der Waals surface area contributed by atoms with Crippen LogP contribution < -0.4 is 14.8 Å². The van der Waals surface area contributed by atoms with Gasteiger partial charge in [0.05, 0.1) is 17.1 Å². The van der Waals surface area contributed by atoms with Crippen LogP contribution in [0.2, 0.25) is 0 Å². The third-order valence-electron chi connectivity index (χ3n) is 8.80. The highest BCUT2D eigenvalue weighted by Gasteiger charge is 2.44. The van der Waals surface area contributed by atoms with Crippen LogP contribution in [0.1, 0.15) is 25.2 Å². The number of aryl methyl sites for hydroxylation is 1. The van der Waals surface area contributed by atoms with Crippen LogP contribution in [-0.4, -0.2) is 94.0 Å². The third-order valence-corrected chi connectivity index (χ3v) is 12.1. The molecule has 2 aliphatic heterocycles. The molecule has 0 amide bonds. The van der Waals surface area contributed by atoms with Crippen LogP contribution >= 0.6 is 0 Å². The quantitative estimate of drug-likeness (QED) is 0.199. The Bertz CT molecular complexity index is 1940. The van der Waals surface area contributed by atoms with E-state index < -0.39 is 31.8 Å². The van der Waals surface area contributed by atoms with Crippen LogP contribution in [0.15, 0.2) is 87.1 Å². The van der Waals surface area contributed by atoms with E-state index in [-0.39, 0.29) is 34.7 Å². The molecule has 2 aliphatic rings. The molecule has 6 rings (SSSR count). The first-order chi connectivity index (χ1) is 23.0. The predicted octanol–water partition coefficient (Wildman–Crippen LogP) is 2.96. The first kappa shape index (κ1) is 34.2. The molecule has 3 aromatic carbocycles. The van der Waals surface area contributed by atoms with Crippen LogP contribution in [0.3, 0.4) is 0 Å². The van der Waals surface area contributed by atoms with Gasteiger partial charge in [-0.05, 0) is 61.7 Å². The number of para-hydroxylation sites is 1. The summed E-state index contributed by atoms with van der Waals surface area (Å²) in [6.45, 7) is 2.97. The summed E-state index contributed by atoms with van der Waals surface area (Å²) in [7, 11) is -6.10. The lowest BCUT2D eigenvalue weighted by Gasteiger charge is -2.38. The van der Waals surface area contributed by atoms with Crippen LogP contribution in [0.5, 0.6) is 5.75 Å². The first-order valence-electron chi connectivity index (χ1n) is 15.7. The summed E-state index contributed by atoms with van der Waals surface area (Å²) in [6.07, 6.45) is 0.918. The number of sulfonamides is 2. The van der Waals surface area contributed by atoms with E-state index in [4.69, 9.17) is 14.0 Å². The average Bonchev–Trinajstić information content (AvgIpc) is 3.72. The van der Waals surface area contributed by atoms with E-state index in [1.807, 2.05) is 30.3 Å². The van der Waals surface area contributed by atoms with Crippen molar-refractivity contribution in [2.75, 3.05) is 39.9 Å². The van der Waals surface area contributed by atoms with Gasteiger partial charge in [-0.25, -0.2) is 21.6 Å². The maximum absolute atomic E-state index is 13.7. The Morgan fingerprint density at radius 2 is 1.73 bits per heavy atom. The highest BCUT2D eigenvalue weighted by Crippen LogP contribution is 2.38. The number of aliphatic hydroxyl groups is 1. The molecule has 0 radical (unpaired) electrons. The molecule has 2 saturated heterocycles. The molecule has 1 spiro atoms. The number of piperidine rings is 1. The lowest BCUT2D eigenvalue weighted by molar-refractivity contribution is -0.0312. The number of ether oxygens (including phenoxy) is 2. The number of hydrogen-bond acceptors (Lipinski definition) is 11. The summed E-state index contributed by atoms with van der Waals surface area (Å²) in [5.41, 5.74) is 2.02. The third kappa shape index (κ3) is 7.47. The van der Waals surface area contributed by atoms with Crippen molar-refractivity contribution in [2.45, 2.75) is 53.7 Å². The molecule has 2 fully saturated rings. The minimum Gasteiger partial charge on any atom is -0.489 e. The standard InChI is InChI=1S/C33H39N5O8S2/c1-23-36-32(37-46-23)25-12-10-24(11-13-25)26-6-5-7-29(18-26)48(42,43)38-16-14-33(15-17-38)19-27(21-45-33)35-20-28(39)22-44-30-8-3-4-9-31(30)47(40,41)34-2/h3-13,18,27-28,34-35,39H,14-17,19-22H2,1-2H3/t27?,28-/m0/s1. The van der Waals surface area contributed by atoms with E-state index in [0.29, 0.717) is 50.7 Å². The molecule has 0 aliphatic carbocycles. The largest absolute Gasteiger partial charge is 0.489 e. The number of aromatic nitrogens is 2. The molecule has 13 nitrogen and oxygen atoms in total. The second-order valence-corrected chi connectivity index (χ2v) is 15.9. The molecule has 0 bridgehead atoms. The van der Waals surface area contributed by atoms with Gasteiger partial charge in [0.2, 0.25) is 31.8 Å². The number of nitrogens with zero attached hydrogens (tertiary/aromatic N) is 3. The number of nitrogens with one attached hydrogen (secondary N) is 2. The fourth-order valence-corrected chi connectivity index (χ4v) is 8.48. The first-order valence-corrected chi connectivity index (χ1v) is 18.6. The zero-order valence-electron chi connectivity index (χ0n) is 26.7. The lowest BCUT2D eigenvalue weighted by Crippen LogP contribution is -2.47. The van der Waals surface area contributed by atoms with Crippen molar-refractivity contribution in [3.8, 4) is 28.3 Å². The van der Waals surface area contributed by atoms with Gasteiger partial charge in [0.15, 0.2) is 0 Å². The molecule has 1 aromatic heterocycles. The smallest absolute Gasteiger partial charge is 0.243 e. The number of aliphatic hydroxyl groups excluding tert-OH is 1. The second kappa shape index (κ2) is 14.0. The number of rotatable bonds is 12. The van der Waals surface area contributed by atoms with Crippen LogP contribution in [0.25, 0.3) is 22.5 Å². The fourth-order valence-electron chi connectivity index (χ4n) is 6.12.